The Bertz CT molecular complexity index is 1970. The molecule has 1 N–H and O–H groups in total. The monoisotopic (exact) mass is 708 g/mol. The topological polar surface area (TPSA) is 112 Å². The van der Waals surface area contributed by atoms with Crippen molar-refractivity contribution in [3.63, 3.8) is 0 Å². The van der Waals surface area contributed by atoms with Crippen LogP contribution in [0.15, 0.2) is 60.8 Å². The van der Waals surface area contributed by atoms with Crippen LogP contribution in [-0.2, 0) is 43.2 Å². The Morgan fingerprint density at radius 2 is 1.87 bits per heavy atom. The van der Waals surface area contributed by atoms with E-state index in [9.17, 15) is 14.4 Å². The molecule has 4 aromatic rings. The number of esters is 1. The summed E-state index contributed by atoms with van der Waals surface area (Å²) in [5, 5.41) is 3.96. The Kier molecular flexibility index (Phi) is 10.5. The second-order valence-electron chi connectivity index (χ2n) is 15.9. The lowest BCUT2D eigenvalue weighted by atomic mass is 9.84. The molecule has 0 spiro atoms. The van der Waals surface area contributed by atoms with Gasteiger partial charge in [-0.3, -0.25) is 14.6 Å². The zero-order chi connectivity index (χ0) is 37.4. The van der Waals surface area contributed by atoms with Crippen LogP contribution in [0.5, 0.6) is 0 Å². The highest BCUT2D eigenvalue weighted by Crippen LogP contribution is 2.42. The van der Waals surface area contributed by atoms with Gasteiger partial charge in [0, 0.05) is 61.2 Å². The molecule has 2 aromatic carbocycles. The normalized spacial score (nSPS) is 20.0. The van der Waals surface area contributed by atoms with Gasteiger partial charge in [0.15, 0.2) is 0 Å². The number of methoxy groups -OCH3 is 1. The number of fused-ring (bicyclic) bond motifs is 6. The summed E-state index contributed by atoms with van der Waals surface area (Å²) >= 11 is 0. The van der Waals surface area contributed by atoms with Crippen LogP contribution in [0.25, 0.3) is 33.3 Å². The molecule has 10 heteroatoms. The fourth-order valence-electron chi connectivity index (χ4n) is 7.52. The number of benzene rings is 2. The maximum Gasteiger partial charge on any atom is 0.408 e. The first-order valence-electron chi connectivity index (χ1n) is 18.4. The molecule has 0 unspecified atom stereocenters. The highest BCUT2D eigenvalue weighted by molar-refractivity contribution is 5.95. The largest absolute Gasteiger partial charge is 0.465 e. The summed E-state index contributed by atoms with van der Waals surface area (Å²) in [6, 6.07) is 17.9. The zero-order valence-electron chi connectivity index (χ0n) is 31.7. The first-order valence-corrected chi connectivity index (χ1v) is 18.4. The summed E-state index contributed by atoms with van der Waals surface area (Å²) in [7, 11) is 1.70. The van der Waals surface area contributed by atoms with Gasteiger partial charge in [-0.2, -0.15) is 0 Å². The first-order chi connectivity index (χ1) is 24.7. The molecule has 1 saturated heterocycles. The number of amides is 2. The number of pyridine rings is 1. The number of hydrogen-bond acceptors (Lipinski definition) is 7. The highest BCUT2D eigenvalue weighted by atomic mass is 16.6. The second kappa shape index (κ2) is 14.7. The van der Waals surface area contributed by atoms with Crippen LogP contribution >= 0.6 is 0 Å². The van der Waals surface area contributed by atoms with Gasteiger partial charge >= 0.3 is 12.1 Å². The summed E-state index contributed by atoms with van der Waals surface area (Å²) in [5.41, 5.74) is 7.01. The fourth-order valence-corrected chi connectivity index (χ4v) is 7.52. The van der Waals surface area contributed by atoms with E-state index in [0.717, 1.165) is 56.7 Å². The van der Waals surface area contributed by atoms with E-state index in [2.05, 4.69) is 67.1 Å². The third-order valence-corrected chi connectivity index (χ3v) is 10.1. The highest BCUT2D eigenvalue weighted by Gasteiger charge is 2.37. The Hall–Kier alpha value is -4.70. The van der Waals surface area contributed by atoms with E-state index >= 15 is 0 Å². The Morgan fingerprint density at radius 1 is 1.10 bits per heavy atom. The number of aromatic nitrogens is 2. The minimum atomic E-state index is -0.879. The molecule has 276 valence electrons. The van der Waals surface area contributed by atoms with Crippen molar-refractivity contribution in [1.82, 2.24) is 19.8 Å². The van der Waals surface area contributed by atoms with Crippen molar-refractivity contribution in [2.75, 3.05) is 26.8 Å². The van der Waals surface area contributed by atoms with Crippen LogP contribution in [0.4, 0.5) is 4.79 Å². The number of hydrogen-bond donors (Lipinski definition) is 1. The van der Waals surface area contributed by atoms with E-state index in [1.807, 2.05) is 31.3 Å². The first kappa shape index (κ1) is 37.1. The molecule has 0 radical (unpaired) electrons. The Labute approximate surface area is 306 Å². The van der Waals surface area contributed by atoms with E-state index < -0.39 is 29.1 Å². The number of ether oxygens (including phenoxy) is 3. The van der Waals surface area contributed by atoms with Crippen molar-refractivity contribution in [1.29, 1.82) is 0 Å². The van der Waals surface area contributed by atoms with E-state index in [1.165, 1.54) is 0 Å². The molecule has 2 aliphatic rings. The minimum Gasteiger partial charge on any atom is -0.465 e. The van der Waals surface area contributed by atoms with E-state index in [1.54, 1.807) is 32.8 Å². The SMILES string of the molecule is CCn1c(-c2cccnc2[C@H](C)OC)c2c3cc(ccc31)-c1cccc(c1)C[C@H](NC(=O)OC(C)(C)C)C(=O)N1CC[C@H](C1)C(=O)OCC(C)(C)C2. The van der Waals surface area contributed by atoms with Crippen molar-refractivity contribution >= 4 is 28.9 Å². The lowest BCUT2D eigenvalue weighted by Crippen LogP contribution is -2.50. The Balaban J connectivity index is 1.51. The number of rotatable bonds is 5. The second-order valence-corrected chi connectivity index (χ2v) is 15.9. The maximum absolute atomic E-state index is 14.0. The van der Waals surface area contributed by atoms with Gasteiger partial charge in [-0.25, -0.2) is 4.79 Å². The number of carbonyl (C=O) groups is 3. The number of aryl methyl sites for hydroxylation is 1. The molecule has 3 atom stereocenters. The molecule has 2 aliphatic heterocycles. The molecule has 2 aromatic heterocycles. The van der Waals surface area contributed by atoms with Gasteiger partial charge in [0.25, 0.3) is 0 Å². The van der Waals surface area contributed by atoms with Gasteiger partial charge in [0.05, 0.1) is 30.0 Å². The van der Waals surface area contributed by atoms with Gasteiger partial charge in [0.1, 0.15) is 11.6 Å². The lowest BCUT2D eigenvalue weighted by Gasteiger charge is -2.27. The fraction of sp³-hybridized carbons (Fsp3) is 0.476. The van der Waals surface area contributed by atoms with E-state index in [0.29, 0.717) is 19.4 Å². The van der Waals surface area contributed by atoms with Crippen LogP contribution in [0, 0.1) is 11.3 Å². The average molecular weight is 709 g/mol. The van der Waals surface area contributed by atoms with E-state index in [4.69, 9.17) is 19.2 Å². The van der Waals surface area contributed by atoms with Crippen LogP contribution < -0.4 is 5.32 Å². The Morgan fingerprint density at radius 3 is 2.60 bits per heavy atom. The molecule has 4 heterocycles. The summed E-state index contributed by atoms with van der Waals surface area (Å²) in [6.07, 6.45) is 2.33. The van der Waals surface area contributed by atoms with Crippen molar-refractivity contribution in [2.45, 2.75) is 92.0 Å². The maximum atomic E-state index is 14.0. The molecule has 6 bridgehead atoms. The summed E-state index contributed by atoms with van der Waals surface area (Å²) < 4.78 is 19.7. The van der Waals surface area contributed by atoms with Crippen molar-refractivity contribution in [3.8, 4) is 22.4 Å². The molecular formula is C42H52N4O6. The van der Waals surface area contributed by atoms with Gasteiger partial charge in [0.2, 0.25) is 5.91 Å². The molecule has 1 fully saturated rings. The number of alkyl carbamates (subject to hydrolysis) is 1. The van der Waals surface area contributed by atoms with Crippen LogP contribution in [0.2, 0.25) is 0 Å². The smallest absolute Gasteiger partial charge is 0.408 e. The van der Waals surface area contributed by atoms with Crippen molar-refractivity contribution < 1.29 is 28.6 Å². The molecule has 0 saturated carbocycles. The van der Waals surface area contributed by atoms with Gasteiger partial charge in [-0.05, 0) is 94.0 Å². The third-order valence-electron chi connectivity index (χ3n) is 10.1. The predicted molar refractivity (Wildman–Crippen MR) is 202 cm³/mol. The molecular weight excluding hydrogens is 656 g/mol. The number of carbonyl (C=O) groups excluding carboxylic acids is 3. The average Bonchev–Trinajstić information content (AvgIpc) is 3.71. The van der Waals surface area contributed by atoms with Crippen molar-refractivity contribution in [2.24, 2.45) is 11.3 Å². The third kappa shape index (κ3) is 7.87. The molecule has 2 amide bonds. The summed E-state index contributed by atoms with van der Waals surface area (Å²) in [6.45, 7) is 15.4. The van der Waals surface area contributed by atoms with Gasteiger partial charge in [-0.15, -0.1) is 0 Å². The zero-order valence-corrected chi connectivity index (χ0v) is 31.7. The van der Waals surface area contributed by atoms with Crippen LogP contribution in [0.3, 0.4) is 0 Å². The molecule has 0 aliphatic carbocycles. The lowest BCUT2D eigenvalue weighted by molar-refractivity contribution is -0.151. The molecule has 10 nitrogen and oxygen atoms in total. The predicted octanol–water partition coefficient (Wildman–Crippen LogP) is 7.51. The molecule has 52 heavy (non-hydrogen) atoms. The summed E-state index contributed by atoms with van der Waals surface area (Å²) in [4.78, 5) is 47.0. The van der Waals surface area contributed by atoms with Gasteiger partial charge in [-0.1, -0.05) is 44.2 Å². The summed E-state index contributed by atoms with van der Waals surface area (Å²) in [5.74, 6) is -1.00. The quantitative estimate of drug-likeness (QED) is 0.214. The van der Waals surface area contributed by atoms with Gasteiger partial charge < -0.3 is 29.0 Å². The number of nitrogens with zero attached hydrogens (tertiary/aromatic N) is 3. The standard InChI is InChI=1S/C42H52N4O6/c1-9-46-35-16-15-29-22-32(35)33(37(46)31-14-11-18-43-36(31)26(2)50-8)23-42(6,7)25-51-39(48)30-17-19-45(24-30)38(47)34(44-40(49)52-41(3,4)5)21-27-12-10-13-28(29)20-27/h10-16,18,20,22,26,30,34H,9,17,19,21,23-25H2,1-8H3,(H,44,49)/t26-,30+,34-/m0/s1. The number of nitrogens with one attached hydrogen (secondary N) is 1. The van der Waals surface area contributed by atoms with E-state index in [-0.39, 0.29) is 37.6 Å². The molecule has 6 rings (SSSR count). The van der Waals surface area contributed by atoms with Crippen LogP contribution in [-0.4, -0.2) is 70.9 Å². The van der Waals surface area contributed by atoms with Crippen LogP contribution in [0.1, 0.15) is 77.8 Å². The minimum absolute atomic E-state index is 0.216. The van der Waals surface area contributed by atoms with Crippen molar-refractivity contribution in [3.05, 3.63) is 77.6 Å². The number of cyclic esters (lactones) is 1.